The maximum absolute atomic E-state index is 12.9. The van der Waals surface area contributed by atoms with E-state index in [1.54, 1.807) is 25.2 Å². The van der Waals surface area contributed by atoms with E-state index in [-0.39, 0.29) is 26.1 Å². The number of ether oxygens (including phenoxy) is 1. The van der Waals surface area contributed by atoms with Crippen LogP contribution >= 0.6 is 22.9 Å². The van der Waals surface area contributed by atoms with Crippen LogP contribution in [0.25, 0.3) is 16.9 Å². The smallest absolute Gasteiger partial charge is 0.333 e. The van der Waals surface area contributed by atoms with Crippen LogP contribution in [0.2, 0.25) is 4.34 Å². The van der Waals surface area contributed by atoms with Crippen LogP contribution in [0.4, 0.5) is 16.2 Å². The van der Waals surface area contributed by atoms with Gasteiger partial charge in [-0.3, -0.25) is 4.79 Å². The molecule has 0 unspecified atom stereocenters. The zero-order chi connectivity index (χ0) is 24.5. The Hall–Kier alpha value is -3.75. The highest BCUT2D eigenvalue weighted by molar-refractivity contribution is 7.92. The fourth-order valence-corrected chi connectivity index (χ4v) is 5.29. The van der Waals surface area contributed by atoms with Gasteiger partial charge in [-0.15, -0.1) is 11.3 Å². The number of hydrogen-bond acceptors (Lipinski definition) is 10. The topological polar surface area (TPSA) is 157 Å². The minimum absolute atomic E-state index is 0.0244. The van der Waals surface area contributed by atoms with Gasteiger partial charge in [-0.05, 0) is 30.3 Å². The summed E-state index contributed by atoms with van der Waals surface area (Å²) in [7, 11) is -1.08. The number of hydrogen-bond donors (Lipinski definition) is 3. The minimum atomic E-state index is -4.13. The Labute approximate surface area is 201 Å². The molecule has 0 saturated carbocycles. The molecule has 1 aromatic carbocycles. The minimum Gasteiger partial charge on any atom is -0.479 e. The largest absolute Gasteiger partial charge is 0.479 e. The molecule has 0 saturated heterocycles. The van der Waals surface area contributed by atoms with Crippen LogP contribution in [0.5, 0.6) is 5.88 Å². The number of anilines is 2. The average molecular weight is 522 g/mol. The van der Waals surface area contributed by atoms with Crippen molar-refractivity contribution in [3.05, 3.63) is 57.5 Å². The molecule has 0 aliphatic rings. The van der Waals surface area contributed by atoms with Gasteiger partial charge in [0.25, 0.3) is 15.6 Å². The van der Waals surface area contributed by atoms with E-state index < -0.39 is 21.6 Å². The second kappa shape index (κ2) is 9.24. The Morgan fingerprint density at radius 1 is 1.21 bits per heavy atom. The lowest BCUT2D eigenvalue weighted by Gasteiger charge is -2.12. The van der Waals surface area contributed by atoms with Gasteiger partial charge in [-0.25, -0.2) is 32.5 Å². The molecule has 0 bridgehead atoms. The van der Waals surface area contributed by atoms with Gasteiger partial charge in [0, 0.05) is 12.7 Å². The second-order valence-corrected chi connectivity index (χ2v) is 10.2. The Bertz CT molecular complexity index is 1570. The molecule has 2 amide bonds. The SMILES string of the molecule is CNc1ccc2c(=O)n(-c3ncc(NC(=O)NS(=O)(=O)c4ccc(Cl)s4)c(OC)n3)cnc2c1. The van der Waals surface area contributed by atoms with Gasteiger partial charge in [0.1, 0.15) is 16.2 Å². The molecule has 12 nitrogen and oxygen atoms in total. The number of amides is 2. The maximum Gasteiger partial charge on any atom is 0.333 e. The molecule has 15 heteroatoms. The van der Waals surface area contributed by atoms with Crippen molar-refractivity contribution in [2.75, 3.05) is 24.8 Å². The summed E-state index contributed by atoms with van der Waals surface area (Å²) in [6.45, 7) is 0. The Kier molecular flexibility index (Phi) is 6.37. The molecule has 0 spiro atoms. The number of aromatic nitrogens is 4. The van der Waals surface area contributed by atoms with Crippen molar-refractivity contribution in [1.82, 2.24) is 24.2 Å². The number of methoxy groups -OCH3 is 1. The van der Waals surface area contributed by atoms with E-state index in [0.29, 0.717) is 10.9 Å². The van der Waals surface area contributed by atoms with E-state index >= 15 is 0 Å². The van der Waals surface area contributed by atoms with E-state index in [9.17, 15) is 18.0 Å². The van der Waals surface area contributed by atoms with Crippen molar-refractivity contribution in [1.29, 1.82) is 0 Å². The van der Waals surface area contributed by atoms with Crippen LogP contribution in [-0.4, -0.2) is 48.1 Å². The zero-order valence-electron chi connectivity index (χ0n) is 17.6. The van der Waals surface area contributed by atoms with Crippen molar-refractivity contribution in [2.45, 2.75) is 4.21 Å². The quantitative estimate of drug-likeness (QED) is 0.346. The lowest BCUT2D eigenvalue weighted by molar-refractivity contribution is 0.256. The van der Waals surface area contributed by atoms with Crippen LogP contribution < -0.4 is 25.7 Å². The lowest BCUT2D eigenvalue weighted by atomic mass is 10.2. The first-order chi connectivity index (χ1) is 16.2. The average Bonchev–Trinajstić information content (AvgIpc) is 3.26. The number of benzene rings is 1. The third kappa shape index (κ3) is 4.64. The highest BCUT2D eigenvalue weighted by Gasteiger charge is 2.21. The van der Waals surface area contributed by atoms with Gasteiger partial charge in [0.15, 0.2) is 0 Å². The van der Waals surface area contributed by atoms with Crippen LogP contribution in [0.15, 0.2) is 51.9 Å². The van der Waals surface area contributed by atoms with E-state index in [4.69, 9.17) is 16.3 Å². The number of carbonyl (C=O) groups excluding carboxylic acids is 1. The van der Waals surface area contributed by atoms with Gasteiger partial charge in [-0.2, -0.15) is 4.98 Å². The Balaban J connectivity index is 1.60. The van der Waals surface area contributed by atoms with Crippen LogP contribution in [0.3, 0.4) is 0 Å². The number of thiophene rings is 1. The summed E-state index contributed by atoms with van der Waals surface area (Å²) < 4.78 is 32.9. The highest BCUT2D eigenvalue weighted by Crippen LogP contribution is 2.26. The number of rotatable bonds is 6. The summed E-state index contributed by atoms with van der Waals surface area (Å²) >= 11 is 6.55. The van der Waals surface area contributed by atoms with Crippen molar-refractivity contribution in [2.24, 2.45) is 0 Å². The predicted octanol–water partition coefficient (Wildman–Crippen LogP) is 2.45. The van der Waals surface area contributed by atoms with Gasteiger partial charge in [0.2, 0.25) is 11.8 Å². The third-order valence-corrected chi connectivity index (χ3v) is 7.54. The van der Waals surface area contributed by atoms with E-state index in [1.807, 2.05) is 4.72 Å². The molecular formula is C19H16ClN7O5S2. The van der Waals surface area contributed by atoms with Gasteiger partial charge in [-0.1, -0.05) is 11.6 Å². The Morgan fingerprint density at radius 2 is 2.00 bits per heavy atom. The first kappa shape index (κ1) is 23.4. The van der Waals surface area contributed by atoms with E-state index in [1.165, 1.54) is 31.8 Å². The number of nitrogens with zero attached hydrogens (tertiary/aromatic N) is 4. The lowest BCUT2D eigenvalue weighted by Crippen LogP contribution is -2.34. The van der Waals surface area contributed by atoms with Crippen LogP contribution in [0.1, 0.15) is 0 Å². The van der Waals surface area contributed by atoms with E-state index in [0.717, 1.165) is 21.6 Å². The van der Waals surface area contributed by atoms with Gasteiger partial charge in [0.05, 0.1) is 28.5 Å². The second-order valence-electron chi connectivity index (χ2n) is 6.61. The molecule has 0 aliphatic heterocycles. The highest BCUT2D eigenvalue weighted by atomic mass is 35.5. The van der Waals surface area contributed by atoms with Gasteiger partial charge >= 0.3 is 6.03 Å². The van der Waals surface area contributed by atoms with E-state index in [2.05, 4.69) is 25.6 Å². The number of carbonyl (C=O) groups is 1. The number of sulfonamides is 1. The maximum atomic E-state index is 12.9. The fraction of sp³-hybridized carbons (Fsp3) is 0.105. The van der Waals surface area contributed by atoms with Crippen LogP contribution in [0, 0.1) is 0 Å². The fourth-order valence-electron chi connectivity index (χ4n) is 2.90. The molecule has 0 fully saturated rings. The molecule has 3 heterocycles. The monoisotopic (exact) mass is 521 g/mol. The van der Waals surface area contributed by atoms with Crippen molar-refractivity contribution < 1.29 is 17.9 Å². The molecular weight excluding hydrogens is 506 g/mol. The molecule has 0 radical (unpaired) electrons. The molecule has 0 atom stereocenters. The number of halogens is 1. The van der Waals surface area contributed by atoms with Crippen molar-refractivity contribution >= 4 is 61.3 Å². The zero-order valence-corrected chi connectivity index (χ0v) is 20.0. The molecule has 34 heavy (non-hydrogen) atoms. The molecule has 176 valence electrons. The standard InChI is InChI=1S/C19H16ClN7O5S2/c1-21-10-3-4-11-12(7-10)23-9-27(17(11)28)18-22-8-13(16(25-18)32-2)24-19(29)26-34(30,31)15-6-5-14(20)33-15/h3-9,21H,1-2H3,(H2,24,26,29). The summed E-state index contributed by atoms with van der Waals surface area (Å²) in [4.78, 5) is 37.7. The van der Waals surface area contributed by atoms with Crippen LogP contribution in [-0.2, 0) is 10.0 Å². The summed E-state index contributed by atoms with van der Waals surface area (Å²) in [5.41, 5.74) is 0.855. The van der Waals surface area contributed by atoms with Gasteiger partial charge < -0.3 is 15.4 Å². The molecule has 4 rings (SSSR count). The molecule has 3 aromatic heterocycles. The summed E-state index contributed by atoms with van der Waals surface area (Å²) in [5.74, 6) is -0.157. The molecule has 4 aromatic rings. The molecule has 3 N–H and O–H groups in total. The first-order valence-electron chi connectivity index (χ1n) is 9.41. The summed E-state index contributed by atoms with van der Waals surface area (Å²) in [6, 6.07) is 6.70. The summed E-state index contributed by atoms with van der Waals surface area (Å²) in [5, 5.41) is 5.64. The molecule has 0 aliphatic carbocycles. The number of urea groups is 1. The summed E-state index contributed by atoms with van der Waals surface area (Å²) in [6.07, 6.45) is 2.45. The Morgan fingerprint density at radius 3 is 2.68 bits per heavy atom. The number of fused-ring (bicyclic) bond motifs is 1. The van der Waals surface area contributed by atoms with Crippen molar-refractivity contribution in [3.8, 4) is 11.8 Å². The first-order valence-corrected chi connectivity index (χ1v) is 12.1. The van der Waals surface area contributed by atoms with Crippen molar-refractivity contribution in [3.63, 3.8) is 0 Å². The number of nitrogens with one attached hydrogen (secondary N) is 3. The predicted molar refractivity (Wildman–Crippen MR) is 128 cm³/mol. The normalized spacial score (nSPS) is 11.3. The third-order valence-electron chi connectivity index (χ3n) is 4.49.